The Morgan fingerprint density at radius 1 is 1.71 bits per heavy atom. The largest absolute Gasteiger partial charge is 0.461 e. The van der Waals surface area contributed by atoms with Crippen molar-refractivity contribution in [2.75, 3.05) is 19.7 Å². The van der Waals surface area contributed by atoms with Crippen LogP contribution in [0.25, 0.3) is 0 Å². The van der Waals surface area contributed by atoms with E-state index in [2.05, 4.69) is 16.6 Å². The highest BCUT2D eigenvalue weighted by Gasteiger charge is 2.33. The number of nitrogens with one attached hydrogen (secondary N) is 1. The Morgan fingerprint density at radius 2 is 2.36 bits per heavy atom. The van der Waals surface area contributed by atoms with Gasteiger partial charge in [-0.05, 0) is 6.92 Å². The number of hydrogen-bond acceptors (Lipinski definition) is 3. The van der Waals surface area contributed by atoms with Crippen molar-refractivity contribution in [1.29, 1.82) is 0 Å². The summed E-state index contributed by atoms with van der Waals surface area (Å²) < 4.78 is 4.68. The molecule has 1 fully saturated rings. The number of carbonyl (C=O) groups excluding carboxylic acids is 2. The molecule has 0 radical (unpaired) electrons. The van der Waals surface area contributed by atoms with E-state index in [0.29, 0.717) is 12.6 Å². The van der Waals surface area contributed by atoms with Crippen molar-refractivity contribution in [1.82, 2.24) is 10.2 Å². The molecule has 0 aromatic heterocycles. The fourth-order valence-corrected chi connectivity index (χ4v) is 0.991. The SMILES string of the molecule is C=CC(=O)OCCNC(=O)N1CC1C. The van der Waals surface area contributed by atoms with Gasteiger partial charge in [0, 0.05) is 18.7 Å². The first kappa shape index (κ1) is 10.6. The summed E-state index contributed by atoms with van der Waals surface area (Å²) in [4.78, 5) is 23.5. The molecule has 1 N–H and O–H groups in total. The zero-order valence-electron chi connectivity index (χ0n) is 8.16. The summed E-state index contributed by atoms with van der Waals surface area (Å²) in [6.45, 7) is 6.54. The summed E-state index contributed by atoms with van der Waals surface area (Å²) >= 11 is 0. The Labute approximate surface area is 82.7 Å². The van der Waals surface area contributed by atoms with E-state index in [1.165, 1.54) is 0 Å². The highest BCUT2D eigenvalue weighted by molar-refractivity contribution is 5.81. The van der Waals surface area contributed by atoms with E-state index in [4.69, 9.17) is 0 Å². The van der Waals surface area contributed by atoms with Gasteiger partial charge < -0.3 is 15.0 Å². The Balaban J connectivity index is 2.01. The van der Waals surface area contributed by atoms with Crippen LogP contribution < -0.4 is 5.32 Å². The highest BCUT2D eigenvalue weighted by Crippen LogP contribution is 2.14. The first-order valence-corrected chi connectivity index (χ1v) is 4.49. The lowest BCUT2D eigenvalue weighted by atomic mass is 10.6. The average molecular weight is 198 g/mol. The van der Waals surface area contributed by atoms with Gasteiger partial charge in [0.15, 0.2) is 0 Å². The van der Waals surface area contributed by atoms with E-state index >= 15 is 0 Å². The van der Waals surface area contributed by atoms with Crippen LogP contribution in [0.4, 0.5) is 4.79 Å². The average Bonchev–Trinajstić information content (AvgIpc) is 2.89. The lowest BCUT2D eigenvalue weighted by Gasteiger charge is -2.05. The van der Waals surface area contributed by atoms with Crippen LogP contribution in [0.15, 0.2) is 12.7 Å². The summed E-state index contributed by atoms with van der Waals surface area (Å²) in [5.41, 5.74) is 0. The van der Waals surface area contributed by atoms with Gasteiger partial charge in [0.1, 0.15) is 6.61 Å². The maximum Gasteiger partial charge on any atom is 0.330 e. The minimum atomic E-state index is -0.473. The quantitative estimate of drug-likeness (QED) is 0.302. The molecule has 0 bridgehead atoms. The number of rotatable bonds is 4. The summed E-state index contributed by atoms with van der Waals surface area (Å²) in [6, 6.07) is 0.234. The van der Waals surface area contributed by atoms with E-state index in [1.807, 2.05) is 6.92 Å². The van der Waals surface area contributed by atoms with E-state index in [9.17, 15) is 9.59 Å². The molecular weight excluding hydrogens is 184 g/mol. The predicted octanol–water partition coefficient (Wildman–Crippen LogP) is 0.129. The van der Waals surface area contributed by atoms with Crippen LogP contribution in [0.2, 0.25) is 0 Å². The summed E-state index contributed by atoms with van der Waals surface area (Å²) in [5, 5.41) is 2.63. The highest BCUT2D eigenvalue weighted by atomic mass is 16.5. The van der Waals surface area contributed by atoms with Gasteiger partial charge in [-0.3, -0.25) is 0 Å². The van der Waals surface area contributed by atoms with Crippen molar-refractivity contribution in [3.05, 3.63) is 12.7 Å². The molecule has 0 aromatic rings. The van der Waals surface area contributed by atoms with Gasteiger partial charge in [0.05, 0.1) is 6.54 Å². The van der Waals surface area contributed by atoms with Crippen LogP contribution in [0, 0.1) is 0 Å². The second-order valence-corrected chi connectivity index (χ2v) is 3.10. The van der Waals surface area contributed by atoms with Crippen LogP contribution in [0.5, 0.6) is 0 Å². The molecule has 0 aliphatic carbocycles. The third kappa shape index (κ3) is 3.08. The maximum absolute atomic E-state index is 11.2. The van der Waals surface area contributed by atoms with Crippen molar-refractivity contribution in [2.45, 2.75) is 13.0 Å². The van der Waals surface area contributed by atoms with Crippen molar-refractivity contribution in [3.63, 3.8) is 0 Å². The maximum atomic E-state index is 11.2. The minimum Gasteiger partial charge on any atom is -0.461 e. The molecule has 1 aliphatic heterocycles. The molecule has 1 heterocycles. The smallest absolute Gasteiger partial charge is 0.330 e. The van der Waals surface area contributed by atoms with Gasteiger partial charge in [-0.1, -0.05) is 6.58 Å². The second-order valence-electron chi connectivity index (χ2n) is 3.10. The number of ether oxygens (including phenoxy) is 1. The van der Waals surface area contributed by atoms with E-state index < -0.39 is 5.97 Å². The number of carbonyl (C=O) groups is 2. The van der Waals surface area contributed by atoms with E-state index in [0.717, 1.165) is 12.6 Å². The third-order valence-corrected chi connectivity index (χ3v) is 1.91. The lowest BCUT2D eigenvalue weighted by Crippen LogP contribution is -2.32. The van der Waals surface area contributed by atoms with Crippen molar-refractivity contribution >= 4 is 12.0 Å². The molecule has 1 unspecified atom stereocenters. The van der Waals surface area contributed by atoms with Gasteiger partial charge in [-0.2, -0.15) is 0 Å². The molecular formula is C9H14N2O3. The normalized spacial score (nSPS) is 18.6. The molecule has 5 nitrogen and oxygen atoms in total. The third-order valence-electron chi connectivity index (χ3n) is 1.91. The van der Waals surface area contributed by atoms with Crippen molar-refractivity contribution in [3.8, 4) is 0 Å². The Kier molecular flexibility index (Phi) is 3.50. The Morgan fingerprint density at radius 3 is 2.86 bits per heavy atom. The molecule has 1 saturated heterocycles. The monoisotopic (exact) mass is 198 g/mol. The van der Waals surface area contributed by atoms with Crippen LogP contribution in [-0.2, 0) is 9.53 Å². The minimum absolute atomic E-state index is 0.104. The molecule has 1 rings (SSSR count). The van der Waals surface area contributed by atoms with Gasteiger partial charge in [-0.25, -0.2) is 9.59 Å². The molecule has 2 amide bonds. The zero-order valence-corrected chi connectivity index (χ0v) is 8.16. The second kappa shape index (κ2) is 4.64. The molecule has 1 atom stereocenters. The van der Waals surface area contributed by atoms with E-state index in [1.54, 1.807) is 4.90 Å². The molecule has 0 spiro atoms. The van der Waals surface area contributed by atoms with Crippen LogP contribution in [0.3, 0.4) is 0 Å². The topological polar surface area (TPSA) is 58.4 Å². The first-order chi connectivity index (χ1) is 6.65. The lowest BCUT2D eigenvalue weighted by molar-refractivity contribution is -0.137. The van der Waals surface area contributed by atoms with Gasteiger partial charge in [-0.15, -0.1) is 0 Å². The van der Waals surface area contributed by atoms with Crippen LogP contribution in [0.1, 0.15) is 6.92 Å². The number of amides is 2. The van der Waals surface area contributed by atoms with Crippen LogP contribution >= 0.6 is 0 Å². The Bertz CT molecular complexity index is 252. The number of esters is 1. The zero-order chi connectivity index (χ0) is 10.6. The number of nitrogens with zero attached hydrogens (tertiary/aromatic N) is 1. The Hall–Kier alpha value is -1.52. The molecule has 5 heteroatoms. The predicted molar refractivity (Wildman–Crippen MR) is 50.7 cm³/mol. The van der Waals surface area contributed by atoms with Gasteiger partial charge in [0.2, 0.25) is 0 Å². The van der Waals surface area contributed by atoms with Gasteiger partial charge >= 0.3 is 12.0 Å². The molecule has 0 saturated carbocycles. The van der Waals surface area contributed by atoms with E-state index in [-0.39, 0.29) is 12.6 Å². The molecule has 78 valence electrons. The fourth-order valence-electron chi connectivity index (χ4n) is 0.991. The molecule has 1 aliphatic rings. The number of urea groups is 1. The molecule has 0 aromatic carbocycles. The summed E-state index contributed by atoms with van der Waals surface area (Å²) in [6.07, 6.45) is 1.09. The number of hydrogen-bond donors (Lipinski definition) is 1. The van der Waals surface area contributed by atoms with Crippen molar-refractivity contribution < 1.29 is 14.3 Å². The van der Waals surface area contributed by atoms with Crippen LogP contribution in [-0.4, -0.2) is 42.6 Å². The standard InChI is InChI=1S/C9H14N2O3/c1-3-8(12)14-5-4-10-9(13)11-6-7(11)2/h3,7H,1,4-6H2,2H3,(H,10,13). The fraction of sp³-hybridized carbons (Fsp3) is 0.556. The van der Waals surface area contributed by atoms with Crippen molar-refractivity contribution in [2.24, 2.45) is 0 Å². The first-order valence-electron chi connectivity index (χ1n) is 4.49. The van der Waals surface area contributed by atoms with Gasteiger partial charge in [0.25, 0.3) is 0 Å². The molecule has 14 heavy (non-hydrogen) atoms. The summed E-state index contributed by atoms with van der Waals surface area (Å²) in [7, 11) is 0. The summed E-state index contributed by atoms with van der Waals surface area (Å²) in [5.74, 6) is -0.473.